The fraction of sp³-hybridized carbons (Fsp3) is 0.533. The molecule has 2 aromatic rings. The minimum Gasteiger partial charge on any atom is -0.331 e. The maximum atomic E-state index is 4.64. The van der Waals surface area contributed by atoms with Gasteiger partial charge in [-0.3, -0.25) is 0 Å². The van der Waals surface area contributed by atoms with Crippen molar-refractivity contribution < 1.29 is 0 Å². The van der Waals surface area contributed by atoms with Gasteiger partial charge in [0.2, 0.25) is 0 Å². The molecule has 0 fully saturated rings. The van der Waals surface area contributed by atoms with Crippen molar-refractivity contribution >= 4 is 0 Å². The number of nitrogens with one attached hydrogen (secondary N) is 1. The van der Waals surface area contributed by atoms with Gasteiger partial charge in [-0.2, -0.15) is 0 Å². The second-order valence-electron chi connectivity index (χ2n) is 5.43. The van der Waals surface area contributed by atoms with E-state index in [0.717, 1.165) is 30.2 Å². The molecule has 5 nitrogen and oxygen atoms in total. The number of rotatable bonds is 5. The van der Waals surface area contributed by atoms with Gasteiger partial charge < -0.3 is 9.88 Å². The van der Waals surface area contributed by atoms with Crippen LogP contribution in [0.15, 0.2) is 12.4 Å². The molecule has 1 N–H and O–H groups in total. The van der Waals surface area contributed by atoms with Crippen molar-refractivity contribution in [3.63, 3.8) is 0 Å². The number of aryl methyl sites for hydroxylation is 3. The summed E-state index contributed by atoms with van der Waals surface area (Å²) >= 11 is 0. The van der Waals surface area contributed by atoms with Gasteiger partial charge in [-0.15, -0.1) is 0 Å². The molecule has 0 aromatic carbocycles. The Morgan fingerprint density at radius 3 is 2.40 bits per heavy atom. The molecule has 0 saturated heterocycles. The van der Waals surface area contributed by atoms with E-state index >= 15 is 0 Å². The van der Waals surface area contributed by atoms with Gasteiger partial charge in [-0.1, -0.05) is 6.92 Å². The van der Waals surface area contributed by atoms with Gasteiger partial charge in [-0.25, -0.2) is 15.0 Å². The summed E-state index contributed by atoms with van der Waals surface area (Å²) in [4.78, 5) is 13.6. The summed E-state index contributed by atoms with van der Waals surface area (Å²) in [5, 5.41) is 3.21. The Morgan fingerprint density at radius 2 is 1.90 bits per heavy atom. The summed E-state index contributed by atoms with van der Waals surface area (Å²) < 4.78 is 1.94. The average molecular weight is 273 g/mol. The second-order valence-corrected chi connectivity index (χ2v) is 5.43. The third-order valence-corrected chi connectivity index (χ3v) is 3.55. The van der Waals surface area contributed by atoms with Crippen LogP contribution < -0.4 is 5.32 Å². The van der Waals surface area contributed by atoms with Gasteiger partial charge in [0.25, 0.3) is 0 Å². The van der Waals surface area contributed by atoms with Gasteiger partial charge in [0, 0.05) is 30.8 Å². The van der Waals surface area contributed by atoms with Crippen LogP contribution in [0, 0.1) is 19.8 Å². The van der Waals surface area contributed by atoms with Crippen molar-refractivity contribution in [2.75, 3.05) is 13.6 Å². The van der Waals surface area contributed by atoms with Crippen LogP contribution in [0.5, 0.6) is 0 Å². The first-order chi connectivity index (χ1) is 9.52. The zero-order valence-corrected chi connectivity index (χ0v) is 12.9. The fourth-order valence-corrected chi connectivity index (χ4v) is 2.49. The van der Waals surface area contributed by atoms with Crippen LogP contribution in [0.3, 0.4) is 0 Å². The highest BCUT2D eigenvalue weighted by molar-refractivity contribution is 5.46. The topological polar surface area (TPSA) is 55.6 Å². The van der Waals surface area contributed by atoms with Gasteiger partial charge >= 0.3 is 0 Å². The zero-order valence-electron chi connectivity index (χ0n) is 12.9. The molecule has 0 aliphatic rings. The Labute approximate surface area is 120 Å². The van der Waals surface area contributed by atoms with Crippen LogP contribution in [0.4, 0.5) is 0 Å². The van der Waals surface area contributed by atoms with E-state index in [-0.39, 0.29) is 0 Å². The Bertz CT molecular complexity index is 565. The predicted octanol–water partition coefficient (Wildman–Crippen LogP) is 1.89. The van der Waals surface area contributed by atoms with E-state index in [1.54, 1.807) is 6.20 Å². The lowest BCUT2D eigenvalue weighted by atomic mass is 9.99. The molecule has 5 heteroatoms. The first-order valence-electron chi connectivity index (χ1n) is 6.99. The molecule has 20 heavy (non-hydrogen) atoms. The third kappa shape index (κ3) is 3.04. The number of hydrogen-bond acceptors (Lipinski definition) is 4. The van der Waals surface area contributed by atoms with Gasteiger partial charge in [0.15, 0.2) is 11.6 Å². The summed E-state index contributed by atoms with van der Waals surface area (Å²) in [6.45, 7) is 7.35. The van der Waals surface area contributed by atoms with Crippen LogP contribution >= 0.6 is 0 Å². The van der Waals surface area contributed by atoms with Crippen LogP contribution in [-0.2, 0) is 13.5 Å². The monoisotopic (exact) mass is 273 g/mol. The summed E-state index contributed by atoms with van der Waals surface area (Å²) in [6.07, 6.45) is 4.68. The number of imidazole rings is 1. The summed E-state index contributed by atoms with van der Waals surface area (Å²) in [5.41, 5.74) is 3.36. The lowest BCUT2D eigenvalue weighted by molar-refractivity contribution is 0.537. The molecule has 0 aliphatic heterocycles. The molecule has 0 aliphatic carbocycles. The maximum absolute atomic E-state index is 4.64. The van der Waals surface area contributed by atoms with Gasteiger partial charge in [0.05, 0.1) is 0 Å². The molecule has 0 bridgehead atoms. The molecule has 0 saturated carbocycles. The highest BCUT2D eigenvalue weighted by Gasteiger charge is 2.14. The fourth-order valence-electron chi connectivity index (χ4n) is 2.49. The molecule has 0 radical (unpaired) electrons. The van der Waals surface area contributed by atoms with Crippen molar-refractivity contribution in [2.24, 2.45) is 13.0 Å². The lowest BCUT2D eigenvalue weighted by Gasteiger charge is -2.15. The van der Waals surface area contributed by atoms with Crippen molar-refractivity contribution in [3.05, 3.63) is 29.3 Å². The molecule has 2 heterocycles. The summed E-state index contributed by atoms with van der Waals surface area (Å²) in [5.74, 6) is 2.09. The van der Waals surface area contributed by atoms with E-state index < -0.39 is 0 Å². The van der Waals surface area contributed by atoms with Crippen LogP contribution in [-0.4, -0.2) is 33.1 Å². The minimum atomic E-state index is 0.569. The third-order valence-electron chi connectivity index (χ3n) is 3.55. The molecule has 2 rings (SSSR count). The van der Waals surface area contributed by atoms with Crippen LogP contribution in [0.25, 0.3) is 11.6 Å². The quantitative estimate of drug-likeness (QED) is 0.904. The molecule has 1 atom stereocenters. The number of aromatic nitrogens is 4. The standard InChI is InChI=1S/C15H23N5/c1-10(9-16-4)8-13-11(2)18-14(19-12(13)3)15-17-6-7-20(15)5/h6-7,10,16H,8-9H2,1-5H3. The largest absolute Gasteiger partial charge is 0.331 e. The summed E-state index contributed by atoms with van der Waals surface area (Å²) in [6, 6.07) is 0. The van der Waals surface area contributed by atoms with E-state index in [1.165, 1.54) is 5.56 Å². The highest BCUT2D eigenvalue weighted by atomic mass is 15.1. The minimum absolute atomic E-state index is 0.569. The second kappa shape index (κ2) is 6.13. The molecular formula is C15H23N5. The Hall–Kier alpha value is -1.75. The van der Waals surface area contributed by atoms with Gasteiger partial charge in [-0.05, 0) is 45.3 Å². The Kier molecular flexibility index (Phi) is 4.49. The van der Waals surface area contributed by atoms with Crippen LogP contribution in [0.2, 0.25) is 0 Å². The zero-order chi connectivity index (χ0) is 14.7. The Morgan fingerprint density at radius 1 is 1.25 bits per heavy atom. The van der Waals surface area contributed by atoms with Crippen LogP contribution in [0.1, 0.15) is 23.9 Å². The molecular weight excluding hydrogens is 250 g/mol. The molecule has 1 unspecified atom stereocenters. The lowest BCUT2D eigenvalue weighted by Crippen LogP contribution is -2.19. The van der Waals surface area contributed by atoms with Crippen molar-refractivity contribution in [1.82, 2.24) is 24.8 Å². The van der Waals surface area contributed by atoms with E-state index in [0.29, 0.717) is 11.7 Å². The number of nitrogens with zero attached hydrogens (tertiary/aromatic N) is 4. The number of hydrogen-bond donors (Lipinski definition) is 1. The van der Waals surface area contributed by atoms with Crippen molar-refractivity contribution in [1.29, 1.82) is 0 Å². The molecule has 108 valence electrons. The van der Waals surface area contributed by atoms with E-state index in [9.17, 15) is 0 Å². The van der Waals surface area contributed by atoms with Gasteiger partial charge in [0.1, 0.15) is 0 Å². The smallest absolute Gasteiger partial charge is 0.196 e. The first kappa shape index (κ1) is 14.7. The molecule has 0 spiro atoms. The predicted molar refractivity (Wildman–Crippen MR) is 80.5 cm³/mol. The van der Waals surface area contributed by atoms with Crippen molar-refractivity contribution in [3.8, 4) is 11.6 Å². The molecule has 2 aromatic heterocycles. The Balaban J connectivity index is 2.32. The average Bonchev–Trinajstić information content (AvgIpc) is 2.80. The first-order valence-corrected chi connectivity index (χ1v) is 6.99. The van der Waals surface area contributed by atoms with E-state index in [2.05, 4.69) is 41.0 Å². The van der Waals surface area contributed by atoms with Crippen molar-refractivity contribution in [2.45, 2.75) is 27.2 Å². The SMILES string of the molecule is CNCC(C)Cc1c(C)nc(-c2nccn2C)nc1C. The molecule has 0 amide bonds. The normalized spacial score (nSPS) is 12.7. The maximum Gasteiger partial charge on any atom is 0.196 e. The van der Waals surface area contributed by atoms with E-state index in [1.807, 2.05) is 24.9 Å². The highest BCUT2D eigenvalue weighted by Crippen LogP contribution is 2.19. The summed E-state index contributed by atoms with van der Waals surface area (Å²) in [7, 11) is 3.94. The van der Waals surface area contributed by atoms with E-state index in [4.69, 9.17) is 0 Å².